The highest BCUT2D eigenvalue weighted by Gasteiger charge is 2.48. The van der Waals surface area contributed by atoms with E-state index in [1.807, 2.05) is 61.5 Å². The number of hydrogen-bond acceptors (Lipinski definition) is 5. The average molecular weight is 461 g/mol. The summed E-state index contributed by atoms with van der Waals surface area (Å²) in [5.41, 5.74) is 2.05. The summed E-state index contributed by atoms with van der Waals surface area (Å²) in [6.45, 7) is 6.32. The third-order valence-corrected chi connectivity index (χ3v) is 6.03. The molecule has 0 saturated carbocycles. The van der Waals surface area contributed by atoms with E-state index in [4.69, 9.17) is 4.74 Å². The van der Waals surface area contributed by atoms with Crippen molar-refractivity contribution in [3.8, 4) is 0 Å². The molecule has 0 bridgehead atoms. The summed E-state index contributed by atoms with van der Waals surface area (Å²) in [6.07, 6.45) is 0. The zero-order chi connectivity index (χ0) is 24.3. The SMILES string of the molecule is CCOC(=O)c1cc2n(n1)C[C@@](C)(C(=O)NCc1ccccc1)N(Cc1ccc(C)cc1)C2=O. The summed E-state index contributed by atoms with van der Waals surface area (Å²) < 4.78 is 6.48. The molecular formula is C26H28N4O4. The van der Waals surface area contributed by atoms with Crippen LogP contribution in [0.2, 0.25) is 0 Å². The Hall–Kier alpha value is -3.94. The zero-order valence-electron chi connectivity index (χ0n) is 19.6. The van der Waals surface area contributed by atoms with Crippen LogP contribution in [0.3, 0.4) is 0 Å². The van der Waals surface area contributed by atoms with Gasteiger partial charge >= 0.3 is 5.97 Å². The first kappa shape index (κ1) is 23.2. The van der Waals surface area contributed by atoms with Crippen LogP contribution in [0.15, 0.2) is 60.7 Å². The molecule has 2 heterocycles. The Morgan fingerprint density at radius 2 is 1.79 bits per heavy atom. The highest BCUT2D eigenvalue weighted by Crippen LogP contribution is 2.30. The number of carbonyl (C=O) groups is 3. The number of nitrogens with zero attached hydrogens (tertiary/aromatic N) is 3. The summed E-state index contributed by atoms with van der Waals surface area (Å²) in [7, 11) is 0. The summed E-state index contributed by atoms with van der Waals surface area (Å²) in [4.78, 5) is 40.9. The van der Waals surface area contributed by atoms with Gasteiger partial charge in [0.15, 0.2) is 5.69 Å². The van der Waals surface area contributed by atoms with Gasteiger partial charge in [0, 0.05) is 19.2 Å². The quantitative estimate of drug-likeness (QED) is 0.547. The van der Waals surface area contributed by atoms with E-state index in [1.54, 1.807) is 18.7 Å². The molecule has 34 heavy (non-hydrogen) atoms. The minimum Gasteiger partial charge on any atom is -0.461 e. The standard InChI is InChI=1S/C26H28N4O4/c1-4-34-24(32)21-14-22-23(31)29(16-20-12-10-18(2)11-13-20)26(3,17-30(22)28-21)25(33)27-15-19-8-6-5-7-9-19/h5-14H,4,15-17H2,1-3H3,(H,27,33)/t26-/m0/s1. The van der Waals surface area contributed by atoms with E-state index in [0.717, 1.165) is 16.7 Å². The number of benzene rings is 2. The second-order valence-electron chi connectivity index (χ2n) is 8.61. The molecule has 0 aliphatic carbocycles. The second-order valence-corrected chi connectivity index (χ2v) is 8.61. The van der Waals surface area contributed by atoms with Crippen molar-refractivity contribution >= 4 is 17.8 Å². The number of nitrogens with one attached hydrogen (secondary N) is 1. The number of aromatic nitrogens is 2. The topological polar surface area (TPSA) is 93.5 Å². The van der Waals surface area contributed by atoms with Crippen molar-refractivity contribution in [3.63, 3.8) is 0 Å². The Kier molecular flexibility index (Phi) is 6.49. The smallest absolute Gasteiger partial charge is 0.358 e. The van der Waals surface area contributed by atoms with Gasteiger partial charge in [-0.25, -0.2) is 4.79 Å². The summed E-state index contributed by atoms with van der Waals surface area (Å²) in [5, 5.41) is 7.25. The maximum atomic E-state index is 13.6. The molecule has 176 valence electrons. The molecule has 2 amide bonds. The number of aryl methyl sites for hydroxylation is 1. The van der Waals surface area contributed by atoms with Crippen LogP contribution in [0.4, 0.5) is 0 Å². The molecule has 0 fully saturated rings. The van der Waals surface area contributed by atoms with Gasteiger partial charge in [-0.15, -0.1) is 0 Å². The zero-order valence-corrected chi connectivity index (χ0v) is 19.6. The van der Waals surface area contributed by atoms with E-state index in [-0.39, 0.29) is 42.9 Å². The lowest BCUT2D eigenvalue weighted by Crippen LogP contribution is -2.63. The largest absolute Gasteiger partial charge is 0.461 e. The van der Waals surface area contributed by atoms with Gasteiger partial charge in [-0.2, -0.15) is 5.10 Å². The molecule has 1 aliphatic heterocycles. The van der Waals surface area contributed by atoms with E-state index in [0.29, 0.717) is 6.54 Å². The molecule has 0 saturated heterocycles. The van der Waals surface area contributed by atoms with Crippen molar-refractivity contribution in [2.75, 3.05) is 6.61 Å². The Balaban J connectivity index is 1.67. The van der Waals surface area contributed by atoms with Crippen LogP contribution in [0, 0.1) is 6.92 Å². The fourth-order valence-electron chi connectivity index (χ4n) is 4.04. The van der Waals surface area contributed by atoms with E-state index in [1.165, 1.54) is 10.7 Å². The second kappa shape index (κ2) is 9.51. The van der Waals surface area contributed by atoms with Crippen molar-refractivity contribution in [1.82, 2.24) is 20.0 Å². The highest BCUT2D eigenvalue weighted by molar-refractivity contribution is 6.01. The maximum absolute atomic E-state index is 13.6. The Morgan fingerprint density at radius 1 is 1.09 bits per heavy atom. The molecule has 1 N–H and O–H groups in total. The minimum atomic E-state index is -1.22. The molecule has 0 spiro atoms. The summed E-state index contributed by atoms with van der Waals surface area (Å²) in [5.74, 6) is -1.26. The van der Waals surface area contributed by atoms with E-state index in [2.05, 4.69) is 10.4 Å². The van der Waals surface area contributed by atoms with Gasteiger partial charge < -0.3 is 15.0 Å². The average Bonchev–Trinajstić information content (AvgIpc) is 3.26. The number of carbonyl (C=O) groups excluding carboxylic acids is 3. The normalized spacial score (nSPS) is 17.3. The van der Waals surface area contributed by atoms with Crippen molar-refractivity contribution in [1.29, 1.82) is 0 Å². The molecule has 2 aromatic carbocycles. The number of fused-ring (bicyclic) bond motifs is 1. The molecule has 8 nitrogen and oxygen atoms in total. The predicted octanol–water partition coefficient (Wildman–Crippen LogP) is 3.10. The summed E-state index contributed by atoms with van der Waals surface area (Å²) in [6, 6.07) is 18.8. The third kappa shape index (κ3) is 4.57. The molecule has 8 heteroatoms. The lowest BCUT2D eigenvalue weighted by atomic mass is 9.94. The Morgan fingerprint density at radius 3 is 2.47 bits per heavy atom. The number of rotatable bonds is 7. The van der Waals surface area contributed by atoms with E-state index >= 15 is 0 Å². The van der Waals surface area contributed by atoms with Crippen LogP contribution >= 0.6 is 0 Å². The molecule has 0 unspecified atom stereocenters. The minimum absolute atomic E-state index is 0.0504. The van der Waals surface area contributed by atoms with Crippen LogP contribution in [-0.4, -0.2) is 44.6 Å². The van der Waals surface area contributed by atoms with Gasteiger partial charge in [0.25, 0.3) is 5.91 Å². The molecule has 3 aromatic rings. The predicted molar refractivity (Wildman–Crippen MR) is 126 cm³/mol. The van der Waals surface area contributed by atoms with Crippen LogP contribution < -0.4 is 5.32 Å². The van der Waals surface area contributed by atoms with Crippen molar-refractivity contribution in [2.24, 2.45) is 0 Å². The van der Waals surface area contributed by atoms with Gasteiger partial charge in [-0.3, -0.25) is 14.3 Å². The maximum Gasteiger partial charge on any atom is 0.358 e. The van der Waals surface area contributed by atoms with Gasteiger partial charge in [0.05, 0.1) is 13.2 Å². The monoisotopic (exact) mass is 460 g/mol. The molecule has 0 radical (unpaired) electrons. The molecule has 1 aromatic heterocycles. The Bertz CT molecular complexity index is 1200. The number of hydrogen-bond donors (Lipinski definition) is 1. The van der Waals surface area contributed by atoms with Crippen LogP contribution in [0.1, 0.15) is 51.5 Å². The van der Waals surface area contributed by atoms with Gasteiger partial charge in [-0.05, 0) is 31.9 Å². The van der Waals surface area contributed by atoms with Gasteiger partial charge in [0.1, 0.15) is 11.2 Å². The van der Waals surface area contributed by atoms with Gasteiger partial charge in [0.2, 0.25) is 5.91 Å². The van der Waals surface area contributed by atoms with Crippen LogP contribution in [0.25, 0.3) is 0 Å². The van der Waals surface area contributed by atoms with Crippen molar-refractivity contribution < 1.29 is 19.1 Å². The first-order valence-corrected chi connectivity index (χ1v) is 11.3. The third-order valence-electron chi connectivity index (χ3n) is 6.03. The summed E-state index contributed by atoms with van der Waals surface area (Å²) >= 11 is 0. The molecule has 4 rings (SSSR count). The lowest BCUT2D eigenvalue weighted by Gasteiger charge is -2.43. The molecular weight excluding hydrogens is 432 g/mol. The highest BCUT2D eigenvalue weighted by atomic mass is 16.5. The van der Waals surface area contributed by atoms with E-state index in [9.17, 15) is 14.4 Å². The van der Waals surface area contributed by atoms with Gasteiger partial charge in [-0.1, -0.05) is 60.2 Å². The molecule has 1 atom stereocenters. The first-order valence-electron chi connectivity index (χ1n) is 11.3. The van der Waals surface area contributed by atoms with Crippen molar-refractivity contribution in [2.45, 2.75) is 45.9 Å². The number of amides is 2. The van der Waals surface area contributed by atoms with Crippen LogP contribution in [0.5, 0.6) is 0 Å². The van der Waals surface area contributed by atoms with Crippen molar-refractivity contribution in [3.05, 3.63) is 88.7 Å². The van der Waals surface area contributed by atoms with Crippen LogP contribution in [-0.2, 0) is 29.2 Å². The number of esters is 1. The fourth-order valence-corrected chi connectivity index (χ4v) is 4.04. The number of ether oxygens (including phenoxy) is 1. The fraction of sp³-hybridized carbons (Fsp3) is 0.308. The Labute approximate surface area is 198 Å². The molecule has 1 aliphatic rings. The lowest BCUT2D eigenvalue weighted by molar-refractivity contribution is -0.133. The van der Waals surface area contributed by atoms with E-state index < -0.39 is 11.5 Å². The first-order chi connectivity index (χ1) is 16.3.